The monoisotopic (exact) mass is 395 g/mol. The number of aromatic carboxylic acids is 1. The largest absolute Gasteiger partial charge is 0.478 e. The van der Waals surface area contributed by atoms with Crippen molar-refractivity contribution in [3.05, 3.63) is 101 Å². The van der Waals surface area contributed by atoms with E-state index in [1.807, 2.05) is 18.2 Å². The van der Waals surface area contributed by atoms with Crippen molar-refractivity contribution >= 4 is 21.7 Å². The Morgan fingerprint density at radius 1 is 0.786 bits per heavy atom. The van der Waals surface area contributed by atoms with E-state index in [-0.39, 0.29) is 11.3 Å². The van der Waals surface area contributed by atoms with Crippen LogP contribution in [0.4, 0.5) is 5.69 Å². The molecule has 0 aromatic heterocycles. The molecule has 0 saturated heterocycles. The van der Waals surface area contributed by atoms with Gasteiger partial charge in [-0.25, -0.2) is 13.2 Å². The van der Waals surface area contributed by atoms with Crippen LogP contribution in [0.1, 0.15) is 27.0 Å². The van der Waals surface area contributed by atoms with Gasteiger partial charge in [0.05, 0.1) is 17.0 Å². The Hall–Kier alpha value is -3.12. The van der Waals surface area contributed by atoms with Gasteiger partial charge >= 0.3 is 5.97 Å². The molecule has 144 valence electrons. The van der Waals surface area contributed by atoms with Gasteiger partial charge in [0, 0.05) is 0 Å². The number of carbonyl (C=O) groups is 1. The fourth-order valence-corrected chi connectivity index (χ4v) is 4.29. The zero-order chi connectivity index (χ0) is 20.0. The van der Waals surface area contributed by atoms with Crippen molar-refractivity contribution in [2.75, 3.05) is 4.72 Å². The van der Waals surface area contributed by atoms with Crippen molar-refractivity contribution in [1.82, 2.24) is 0 Å². The highest BCUT2D eigenvalue weighted by Crippen LogP contribution is 2.21. The number of carboxylic acids is 1. The summed E-state index contributed by atoms with van der Waals surface area (Å²) in [7, 11) is -3.56. The summed E-state index contributed by atoms with van der Waals surface area (Å²) in [5.41, 5.74) is 3.04. The number of nitrogens with one attached hydrogen (secondary N) is 1. The van der Waals surface area contributed by atoms with E-state index in [4.69, 9.17) is 0 Å². The second-order valence-corrected chi connectivity index (χ2v) is 8.19. The highest BCUT2D eigenvalue weighted by atomic mass is 32.2. The molecule has 28 heavy (non-hydrogen) atoms. The highest BCUT2D eigenvalue weighted by Gasteiger charge is 2.15. The quantitative estimate of drug-likeness (QED) is 0.601. The Morgan fingerprint density at radius 2 is 1.36 bits per heavy atom. The molecule has 6 heteroatoms. The summed E-state index contributed by atoms with van der Waals surface area (Å²) in [5.74, 6) is -1.07. The fourth-order valence-electron chi connectivity index (χ4n) is 3.05. The molecule has 0 saturated carbocycles. The number of hydrogen-bond acceptors (Lipinski definition) is 3. The van der Waals surface area contributed by atoms with E-state index in [0.717, 1.165) is 11.1 Å². The van der Waals surface area contributed by atoms with Gasteiger partial charge in [-0.05, 0) is 41.7 Å². The third kappa shape index (κ3) is 5.20. The summed E-state index contributed by atoms with van der Waals surface area (Å²) in [4.78, 5) is 11.4. The molecular weight excluding hydrogens is 374 g/mol. The van der Waals surface area contributed by atoms with Crippen LogP contribution in [0.2, 0.25) is 0 Å². The van der Waals surface area contributed by atoms with Gasteiger partial charge in [0.15, 0.2) is 0 Å². The van der Waals surface area contributed by atoms with Crippen LogP contribution >= 0.6 is 0 Å². The number of sulfonamides is 1. The Balaban J connectivity index is 1.76. The summed E-state index contributed by atoms with van der Waals surface area (Å²) in [6.07, 6.45) is 1.02. The summed E-state index contributed by atoms with van der Waals surface area (Å²) in [6.45, 7) is 0. The zero-order valence-electron chi connectivity index (χ0n) is 15.2. The topological polar surface area (TPSA) is 83.5 Å². The zero-order valence-corrected chi connectivity index (χ0v) is 16.0. The first kappa shape index (κ1) is 19.6. The molecule has 0 aliphatic rings. The van der Waals surface area contributed by atoms with Gasteiger partial charge in [0.25, 0.3) is 0 Å². The van der Waals surface area contributed by atoms with Crippen LogP contribution in [0.25, 0.3) is 0 Å². The van der Waals surface area contributed by atoms with E-state index in [0.29, 0.717) is 24.1 Å². The Bertz CT molecular complexity index is 1060. The van der Waals surface area contributed by atoms with Crippen LogP contribution in [0.3, 0.4) is 0 Å². The molecule has 3 aromatic carbocycles. The second kappa shape index (κ2) is 8.71. The van der Waals surface area contributed by atoms with E-state index < -0.39 is 16.0 Å². The Labute approximate surface area is 164 Å². The van der Waals surface area contributed by atoms with Crippen LogP contribution < -0.4 is 4.72 Å². The fraction of sp³-hybridized carbons (Fsp3) is 0.136. The molecule has 0 unspecified atom stereocenters. The van der Waals surface area contributed by atoms with Crippen molar-refractivity contribution in [1.29, 1.82) is 0 Å². The second-order valence-electron chi connectivity index (χ2n) is 6.47. The average molecular weight is 395 g/mol. The lowest BCUT2D eigenvalue weighted by atomic mass is 9.99. The summed E-state index contributed by atoms with van der Waals surface area (Å²) < 4.78 is 27.8. The van der Waals surface area contributed by atoms with E-state index in [1.165, 1.54) is 0 Å². The maximum atomic E-state index is 12.6. The molecule has 0 amide bonds. The van der Waals surface area contributed by atoms with Gasteiger partial charge in [-0.3, -0.25) is 4.72 Å². The molecule has 0 radical (unpaired) electrons. The lowest BCUT2D eigenvalue weighted by molar-refractivity contribution is 0.0695. The minimum atomic E-state index is -3.56. The van der Waals surface area contributed by atoms with Crippen LogP contribution in [0.15, 0.2) is 78.9 Å². The third-order valence-electron chi connectivity index (χ3n) is 4.39. The van der Waals surface area contributed by atoms with E-state index in [2.05, 4.69) is 4.72 Å². The number of para-hydroxylation sites is 1. The average Bonchev–Trinajstić information content (AvgIpc) is 2.67. The minimum absolute atomic E-state index is 0.107. The molecule has 0 atom stereocenters. The molecular formula is C22H21NO4S. The van der Waals surface area contributed by atoms with Crippen molar-refractivity contribution in [3.8, 4) is 0 Å². The predicted molar refractivity (Wildman–Crippen MR) is 110 cm³/mol. The number of benzene rings is 3. The summed E-state index contributed by atoms with van der Waals surface area (Å²) in [6, 6.07) is 23.0. The number of anilines is 1. The first-order chi connectivity index (χ1) is 13.4. The Morgan fingerprint density at radius 3 is 2.07 bits per heavy atom. The standard InChI is InChI=1S/C22H21NO4S/c24-22(25)20-12-6-4-10-18(20)14-15-19-11-5-7-13-21(19)23-28(26,27)16-17-8-2-1-3-9-17/h1-13,23H,14-16H2,(H,24,25). The molecule has 0 spiro atoms. The Kier molecular flexibility index (Phi) is 6.11. The van der Waals surface area contributed by atoms with Crippen molar-refractivity contribution in [2.24, 2.45) is 0 Å². The van der Waals surface area contributed by atoms with Gasteiger partial charge in [-0.1, -0.05) is 66.7 Å². The number of carboxylic acid groups (broad SMARTS) is 1. The van der Waals surface area contributed by atoms with Gasteiger partial charge in [-0.15, -0.1) is 0 Å². The molecule has 5 nitrogen and oxygen atoms in total. The maximum absolute atomic E-state index is 12.6. The maximum Gasteiger partial charge on any atom is 0.335 e. The third-order valence-corrected chi connectivity index (χ3v) is 5.64. The summed E-state index contributed by atoms with van der Waals surface area (Å²) >= 11 is 0. The van der Waals surface area contributed by atoms with Gasteiger partial charge < -0.3 is 5.11 Å². The smallest absolute Gasteiger partial charge is 0.335 e. The highest BCUT2D eigenvalue weighted by molar-refractivity contribution is 7.91. The van der Waals surface area contributed by atoms with Crippen molar-refractivity contribution in [2.45, 2.75) is 18.6 Å². The number of aryl methyl sites for hydroxylation is 2. The van der Waals surface area contributed by atoms with Gasteiger partial charge in [-0.2, -0.15) is 0 Å². The molecule has 0 bridgehead atoms. The molecule has 0 aliphatic carbocycles. The SMILES string of the molecule is O=C(O)c1ccccc1CCc1ccccc1NS(=O)(=O)Cc1ccccc1. The molecule has 0 fully saturated rings. The molecule has 3 aromatic rings. The van der Waals surface area contributed by atoms with Crippen molar-refractivity contribution in [3.63, 3.8) is 0 Å². The first-order valence-electron chi connectivity index (χ1n) is 8.88. The van der Waals surface area contributed by atoms with Crippen LogP contribution in [0, 0.1) is 0 Å². The van der Waals surface area contributed by atoms with E-state index in [9.17, 15) is 18.3 Å². The van der Waals surface area contributed by atoms with Gasteiger partial charge in [0.1, 0.15) is 0 Å². The van der Waals surface area contributed by atoms with Crippen LogP contribution in [-0.2, 0) is 28.6 Å². The molecule has 0 heterocycles. The van der Waals surface area contributed by atoms with E-state index in [1.54, 1.807) is 60.7 Å². The molecule has 3 rings (SSSR count). The number of hydrogen-bond donors (Lipinski definition) is 2. The lowest BCUT2D eigenvalue weighted by Gasteiger charge is -2.13. The minimum Gasteiger partial charge on any atom is -0.478 e. The van der Waals surface area contributed by atoms with E-state index >= 15 is 0 Å². The normalized spacial score (nSPS) is 11.1. The summed E-state index contributed by atoms with van der Waals surface area (Å²) in [5, 5.41) is 9.32. The first-order valence-corrected chi connectivity index (χ1v) is 10.5. The predicted octanol–water partition coefficient (Wildman–Crippen LogP) is 4.11. The van der Waals surface area contributed by atoms with Crippen LogP contribution in [0.5, 0.6) is 0 Å². The molecule has 0 aliphatic heterocycles. The molecule has 2 N–H and O–H groups in total. The lowest BCUT2D eigenvalue weighted by Crippen LogP contribution is -2.16. The number of rotatable bonds is 8. The van der Waals surface area contributed by atoms with Crippen molar-refractivity contribution < 1.29 is 18.3 Å². The van der Waals surface area contributed by atoms with Gasteiger partial charge in [0.2, 0.25) is 10.0 Å². The van der Waals surface area contributed by atoms with Crippen LogP contribution in [-0.4, -0.2) is 19.5 Å².